The molecular formula is C24H34BrFN6O4. The van der Waals surface area contributed by atoms with Crippen LogP contribution in [0.15, 0.2) is 33.7 Å². The van der Waals surface area contributed by atoms with Gasteiger partial charge in [-0.15, -0.1) is 0 Å². The van der Waals surface area contributed by atoms with E-state index in [0.29, 0.717) is 31.4 Å². The van der Waals surface area contributed by atoms with Crippen molar-refractivity contribution in [2.45, 2.75) is 57.7 Å². The molecule has 198 valence electrons. The van der Waals surface area contributed by atoms with Crippen molar-refractivity contribution in [1.82, 2.24) is 15.5 Å². The van der Waals surface area contributed by atoms with E-state index < -0.39 is 42.4 Å². The quantitative estimate of drug-likeness (QED) is 0.169. The number of hydrogen-bond donors (Lipinski definition) is 4. The first-order chi connectivity index (χ1) is 17.0. The van der Waals surface area contributed by atoms with Crippen LogP contribution in [0.2, 0.25) is 0 Å². The monoisotopic (exact) mass is 568 g/mol. The second-order valence-corrected chi connectivity index (χ2v) is 9.92. The van der Waals surface area contributed by atoms with Crippen LogP contribution in [0.5, 0.6) is 0 Å². The van der Waals surface area contributed by atoms with E-state index in [-0.39, 0.29) is 30.8 Å². The fourth-order valence-corrected chi connectivity index (χ4v) is 4.26. The Balaban J connectivity index is 2.09. The fraction of sp³-hybridized carbons (Fsp3) is 0.542. The van der Waals surface area contributed by atoms with Crippen LogP contribution in [0, 0.1) is 5.92 Å². The second kappa shape index (κ2) is 13.9. The minimum atomic E-state index is -1.22. The molecule has 0 bridgehead atoms. The average Bonchev–Trinajstić information content (AvgIpc) is 3.33. The first kappa shape index (κ1) is 29.2. The van der Waals surface area contributed by atoms with Gasteiger partial charge in [-0.1, -0.05) is 29.8 Å². The summed E-state index contributed by atoms with van der Waals surface area (Å²) in [7, 11) is 0. The molecular weight excluding hydrogens is 535 g/mol. The molecule has 1 fully saturated rings. The summed E-state index contributed by atoms with van der Waals surface area (Å²) < 4.78 is 13.9. The maximum absolute atomic E-state index is 13.4. The number of alkyl halides is 1. The lowest BCUT2D eigenvalue weighted by Gasteiger charge is -2.31. The lowest BCUT2D eigenvalue weighted by molar-refractivity contribution is -0.141. The molecule has 0 spiro atoms. The first-order valence-corrected chi connectivity index (χ1v) is 12.7. The van der Waals surface area contributed by atoms with Crippen molar-refractivity contribution in [3.63, 3.8) is 0 Å². The highest BCUT2D eigenvalue weighted by atomic mass is 79.9. The summed E-state index contributed by atoms with van der Waals surface area (Å²) >= 11 is 3.32. The molecule has 2 rings (SSSR count). The van der Waals surface area contributed by atoms with Crippen LogP contribution in [-0.2, 0) is 14.4 Å². The van der Waals surface area contributed by atoms with Crippen LogP contribution in [0.25, 0.3) is 0 Å². The molecule has 6 N–H and O–H groups in total. The number of Topliss-reactive ketones (excluding diaryl/α,β-unsaturated/α-hetero) is 1. The third kappa shape index (κ3) is 8.28. The number of hydrogen-bond acceptors (Lipinski definition) is 5. The minimum Gasteiger partial charge on any atom is -0.370 e. The molecule has 1 aliphatic heterocycles. The Labute approximate surface area is 218 Å². The van der Waals surface area contributed by atoms with Crippen molar-refractivity contribution < 1.29 is 23.6 Å². The number of benzene rings is 1. The van der Waals surface area contributed by atoms with E-state index in [1.807, 2.05) is 13.8 Å². The molecule has 0 aromatic heterocycles. The van der Waals surface area contributed by atoms with Crippen LogP contribution >= 0.6 is 15.9 Å². The van der Waals surface area contributed by atoms with Gasteiger partial charge in [0, 0.05) is 23.1 Å². The van der Waals surface area contributed by atoms with Gasteiger partial charge in [0.05, 0.1) is 6.04 Å². The lowest BCUT2D eigenvalue weighted by Crippen LogP contribution is -2.56. The molecule has 1 aromatic carbocycles. The summed E-state index contributed by atoms with van der Waals surface area (Å²) in [6.45, 7) is 2.96. The van der Waals surface area contributed by atoms with Gasteiger partial charge in [0.15, 0.2) is 11.7 Å². The number of carbonyl (C=O) groups excluding carboxylic acids is 4. The molecule has 0 saturated carbocycles. The number of nitrogens with one attached hydrogen (secondary N) is 2. The van der Waals surface area contributed by atoms with Gasteiger partial charge in [0.1, 0.15) is 18.8 Å². The predicted molar refractivity (Wildman–Crippen MR) is 138 cm³/mol. The SMILES string of the molecule is CC(C)[C@H](NC(=O)c1ccc(Br)cc1)C(=O)N1CCC[C@H]1C(=O)N[C@H](CCCN=C(N)N)C(=O)CF. The highest BCUT2D eigenvalue weighted by Gasteiger charge is 2.39. The molecule has 3 amide bonds. The third-order valence-electron chi connectivity index (χ3n) is 5.95. The van der Waals surface area contributed by atoms with Gasteiger partial charge in [-0.25, -0.2) is 4.39 Å². The Morgan fingerprint density at radius 1 is 1.17 bits per heavy atom. The molecule has 12 heteroatoms. The van der Waals surface area contributed by atoms with Gasteiger partial charge in [0.25, 0.3) is 5.91 Å². The molecule has 1 saturated heterocycles. The zero-order chi connectivity index (χ0) is 26.8. The molecule has 0 unspecified atom stereocenters. The fourth-order valence-electron chi connectivity index (χ4n) is 4.00. The Bertz CT molecular complexity index is 968. The minimum absolute atomic E-state index is 0.0977. The van der Waals surface area contributed by atoms with Gasteiger partial charge in [0.2, 0.25) is 11.8 Å². The summed E-state index contributed by atoms with van der Waals surface area (Å²) in [5, 5.41) is 5.38. The number of guanidine groups is 1. The van der Waals surface area contributed by atoms with Gasteiger partial charge in [-0.3, -0.25) is 24.2 Å². The van der Waals surface area contributed by atoms with Crippen LogP contribution in [-0.4, -0.2) is 72.3 Å². The molecule has 36 heavy (non-hydrogen) atoms. The highest BCUT2D eigenvalue weighted by molar-refractivity contribution is 9.10. The molecule has 10 nitrogen and oxygen atoms in total. The summed E-state index contributed by atoms with van der Waals surface area (Å²) in [5.74, 6) is -2.41. The number of nitrogens with two attached hydrogens (primary N) is 2. The molecule has 3 atom stereocenters. The molecule has 0 aliphatic carbocycles. The summed E-state index contributed by atoms with van der Waals surface area (Å²) in [6, 6.07) is 4.02. The summed E-state index contributed by atoms with van der Waals surface area (Å²) in [5.41, 5.74) is 11.0. The van der Waals surface area contributed by atoms with Crippen molar-refractivity contribution in [2.75, 3.05) is 19.8 Å². The van der Waals surface area contributed by atoms with Crippen molar-refractivity contribution in [3.05, 3.63) is 34.3 Å². The second-order valence-electron chi connectivity index (χ2n) is 9.00. The Kier molecular flexibility index (Phi) is 11.3. The van der Waals surface area contributed by atoms with Crippen molar-refractivity contribution in [2.24, 2.45) is 22.4 Å². The van der Waals surface area contributed by atoms with Crippen molar-refractivity contribution >= 4 is 45.4 Å². The summed E-state index contributed by atoms with van der Waals surface area (Å²) in [6.07, 6.45) is 1.50. The van der Waals surface area contributed by atoms with E-state index in [1.165, 1.54) is 4.90 Å². The zero-order valence-electron chi connectivity index (χ0n) is 20.5. The maximum Gasteiger partial charge on any atom is 0.251 e. The number of ketones is 1. The normalized spacial score (nSPS) is 16.8. The molecule has 1 aromatic rings. The lowest BCUT2D eigenvalue weighted by atomic mass is 10.0. The highest BCUT2D eigenvalue weighted by Crippen LogP contribution is 2.21. The first-order valence-electron chi connectivity index (χ1n) is 11.9. The number of nitrogens with zero attached hydrogens (tertiary/aromatic N) is 2. The molecule has 0 radical (unpaired) electrons. The average molecular weight is 569 g/mol. The van der Waals surface area contributed by atoms with Crippen molar-refractivity contribution in [1.29, 1.82) is 0 Å². The zero-order valence-corrected chi connectivity index (χ0v) is 22.1. The number of aliphatic imine (C=N–C) groups is 1. The number of rotatable bonds is 12. The topological polar surface area (TPSA) is 160 Å². The number of halogens is 2. The molecule has 1 aliphatic rings. The number of amides is 3. The maximum atomic E-state index is 13.4. The number of likely N-dealkylation sites (tertiary alicyclic amines) is 1. The van der Waals surface area contributed by atoms with E-state index >= 15 is 0 Å². The smallest absolute Gasteiger partial charge is 0.251 e. The van der Waals surface area contributed by atoms with Gasteiger partial charge < -0.3 is 27.0 Å². The van der Waals surface area contributed by atoms with E-state index in [9.17, 15) is 23.6 Å². The van der Waals surface area contributed by atoms with Crippen LogP contribution in [0.4, 0.5) is 4.39 Å². The molecule has 1 heterocycles. The Morgan fingerprint density at radius 2 is 1.83 bits per heavy atom. The van der Waals surface area contributed by atoms with Gasteiger partial charge >= 0.3 is 0 Å². The number of carbonyl (C=O) groups is 4. The van der Waals surface area contributed by atoms with Crippen LogP contribution in [0.1, 0.15) is 49.9 Å². The Morgan fingerprint density at radius 3 is 2.42 bits per heavy atom. The van der Waals surface area contributed by atoms with Crippen LogP contribution < -0.4 is 22.1 Å². The van der Waals surface area contributed by atoms with Gasteiger partial charge in [-0.2, -0.15) is 0 Å². The van der Waals surface area contributed by atoms with Crippen LogP contribution in [0.3, 0.4) is 0 Å². The van der Waals surface area contributed by atoms with E-state index in [2.05, 4.69) is 31.6 Å². The Hall–Kier alpha value is -3.02. The third-order valence-corrected chi connectivity index (χ3v) is 6.48. The van der Waals surface area contributed by atoms with E-state index in [1.54, 1.807) is 24.3 Å². The van der Waals surface area contributed by atoms with Crippen molar-refractivity contribution in [3.8, 4) is 0 Å². The largest absolute Gasteiger partial charge is 0.370 e. The standard InChI is InChI=1S/C24H34BrFN6O4/c1-14(2)20(31-21(34)15-7-9-16(25)10-8-15)23(36)32-12-4-6-18(32)22(35)30-17(19(33)13-26)5-3-11-29-24(27)28/h7-10,14,17-18,20H,3-6,11-13H2,1-2H3,(H,30,35)(H,31,34)(H4,27,28,29)/t17-,18+,20+/m1/s1. The predicted octanol–water partition coefficient (Wildman–Crippen LogP) is 1.27. The van der Waals surface area contributed by atoms with E-state index in [4.69, 9.17) is 11.5 Å². The summed E-state index contributed by atoms with van der Waals surface area (Å²) in [4.78, 5) is 56.6. The van der Waals surface area contributed by atoms with E-state index in [0.717, 1.165) is 4.47 Å². The van der Waals surface area contributed by atoms with Gasteiger partial charge in [-0.05, 0) is 55.9 Å².